The van der Waals surface area contributed by atoms with Gasteiger partial charge in [-0.25, -0.2) is 4.79 Å². The van der Waals surface area contributed by atoms with Crippen LogP contribution in [0.5, 0.6) is 0 Å². The summed E-state index contributed by atoms with van der Waals surface area (Å²) in [6.45, 7) is 12.9. The summed E-state index contributed by atoms with van der Waals surface area (Å²) in [5.74, 6) is 0. The topological polar surface area (TPSA) is 50.8 Å². The lowest BCUT2D eigenvalue weighted by molar-refractivity contribution is 0.0192. The summed E-state index contributed by atoms with van der Waals surface area (Å²) < 4.78 is 10.9. The van der Waals surface area contributed by atoms with Gasteiger partial charge < -0.3 is 19.7 Å². The highest BCUT2D eigenvalue weighted by molar-refractivity contribution is 5.68. The maximum Gasteiger partial charge on any atom is 0.410 e. The number of carbonyl (C=O) groups is 1. The first kappa shape index (κ1) is 18.2. The molecule has 1 aliphatic rings. The van der Waals surface area contributed by atoms with Crippen molar-refractivity contribution in [3.05, 3.63) is 0 Å². The molecule has 0 aromatic carbocycles. The average molecular weight is 300 g/mol. The van der Waals surface area contributed by atoms with Gasteiger partial charge in [-0.15, -0.1) is 0 Å². The lowest BCUT2D eigenvalue weighted by atomic mass is 10.1. The quantitative estimate of drug-likeness (QED) is 0.848. The maximum absolute atomic E-state index is 12.2. The Morgan fingerprint density at radius 2 is 2.05 bits per heavy atom. The molecule has 1 N–H and O–H groups in total. The summed E-state index contributed by atoms with van der Waals surface area (Å²) in [5.41, 5.74) is -0.448. The van der Waals surface area contributed by atoms with Gasteiger partial charge in [0.15, 0.2) is 0 Å². The number of nitrogens with zero attached hydrogens (tertiary/aromatic N) is 1. The van der Waals surface area contributed by atoms with E-state index in [4.69, 9.17) is 9.47 Å². The van der Waals surface area contributed by atoms with Crippen LogP contribution in [0, 0.1) is 0 Å². The van der Waals surface area contributed by atoms with Gasteiger partial charge in [-0.1, -0.05) is 0 Å². The number of ether oxygens (including phenoxy) is 2. The molecular weight excluding hydrogens is 268 g/mol. The number of nitrogens with one attached hydrogen (secondary N) is 1. The van der Waals surface area contributed by atoms with Crippen LogP contribution >= 0.6 is 0 Å². The Hall–Kier alpha value is -0.810. The fraction of sp³-hybridized carbons (Fsp3) is 0.938. The van der Waals surface area contributed by atoms with Crippen molar-refractivity contribution in [1.29, 1.82) is 0 Å². The monoisotopic (exact) mass is 300 g/mol. The smallest absolute Gasteiger partial charge is 0.410 e. The van der Waals surface area contributed by atoms with Crippen molar-refractivity contribution in [2.75, 3.05) is 26.3 Å². The highest BCUT2D eigenvalue weighted by Crippen LogP contribution is 2.12. The van der Waals surface area contributed by atoms with Crippen molar-refractivity contribution in [3.8, 4) is 0 Å². The molecule has 1 saturated heterocycles. The first-order valence-electron chi connectivity index (χ1n) is 8.10. The van der Waals surface area contributed by atoms with Crippen LogP contribution in [0.4, 0.5) is 4.79 Å². The fourth-order valence-electron chi connectivity index (χ4n) is 2.38. The second-order valence-corrected chi connectivity index (χ2v) is 6.96. The molecule has 0 saturated carbocycles. The van der Waals surface area contributed by atoms with E-state index in [9.17, 15) is 4.79 Å². The van der Waals surface area contributed by atoms with E-state index in [1.54, 1.807) is 4.90 Å². The van der Waals surface area contributed by atoms with Gasteiger partial charge >= 0.3 is 6.09 Å². The highest BCUT2D eigenvalue weighted by atomic mass is 16.6. The van der Waals surface area contributed by atoms with Crippen molar-refractivity contribution in [1.82, 2.24) is 10.2 Å². The standard InChI is InChI=1S/C16H32N2O3/c1-13(2)18(15(19)21-16(3,4)5)10-9-17-14-7-6-11-20-12-8-14/h13-14,17H,6-12H2,1-5H3. The molecule has 0 aromatic rings. The Balaban J connectivity index is 2.38. The molecule has 1 rings (SSSR count). The number of rotatable bonds is 5. The molecule has 1 aliphatic heterocycles. The Kier molecular flexibility index (Phi) is 7.46. The molecule has 5 heteroatoms. The summed E-state index contributed by atoms with van der Waals surface area (Å²) in [6.07, 6.45) is 3.07. The lowest BCUT2D eigenvalue weighted by Crippen LogP contribution is -2.45. The van der Waals surface area contributed by atoms with Crippen LogP contribution < -0.4 is 5.32 Å². The third-order valence-corrected chi connectivity index (χ3v) is 3.49. The zero-order valence-electron chi connectivity index (χ0n) is 14.3. The van der Waals surface area contributed by atoms with Crippen LogP contribution in [0.3, 0.4) is 0 Å². The van der Waals surface area contributed by atoms with E-state index in [2.05, 4.69) is 5.32 Å². The minimum atomic E-state index is -0.448. The van der Waals surface area contributed by atoms with Gasteiger partial charge in [0.1, 0.15) is 5.60 Å². The molecule has 0 bridgehead atoms. The zero-order valence-corrected chi connectivity index (χ0v) is 14.3. The molecule has 1 unspecified atom stereocenters. The average Bonchev–Trinajstić information content (AvgIpc) is 2.60. The predicted molar refractivity (Wildman–Crippen MR) is 84.5 cm³/mol. The molecule has 5 nitrogen and oxygen atoms in total. The van der Waals surface area contributed by atoms with Gasteiger partial charge in [0.2, 0.25) is 0 Å². The van der Waals surface area contributed by atoms with E-state index in [1.165, 1.54) is 0 Å². The molecule has 0 aliphatic carbocycles. The molecule has 0 aromatic heterocycles. The second kappa shape index (κ2) is 8.59. The summed E-state index contributed by atoms with van der Waals surface area (Å²) in [7, 11) is 0. The molecule has 1 fully saturated rings. The van der Waals surface area contributed by atoms with Crippen LogP contribution in [0.2, 0.25) is 0 Å². The third kappa shape index (κ3) is 7.67. The van der Waals surface area contributed by atoms with Gasteiger partial charge in [-0.05, 0) is 53.9 Å². The Labute approximate surface area is 129 Å². The zero-order chi connectivity index (χ0) is 15.9. The summed E-state index contributed by atoms with van der Waals surface area (Å²) >= 11 is 0. The highest BCUT2D eigenvalue weighted by Gasteiger charge is 2.24. The van der Waals surface area contributed by atoms with Crippen molar-refractivity contribution in [3.63, 3.8) is 0 Å². The lowest BCUT2D eigenvalue weighted by Gasteiger charge is -2.30. The number of hydrogen-bond acceptors (Lipinski definition) is 4. The summed E-state index contributed by atoms with van der Waals surface area (Å²) in [5, 5.41) is 3.54. The predicted octanol–water partition coefficient (Wildman–Crippen LogP) is 2.79. The first-order chi connectivity index (χ1) is 9.79. The van der Waals surface area contributed by atoms with Gasteiger partial charge in [-0.2, -0.15) is 0 Å². The maximum atomic E-state index is 12.2. The molecule has 21 heavy (non-hydrogen) atoms. The van der Waals surface area contributed by atoms with Crippen molar-refractivity contribution in [2.45, 2.75) is 71.6 Å². The Morgan fingerprint density at radius 1 is 1.33 bits per heavy atom. The van der Waals surface area contributed by atoms with Crippen LogP contribution in [-0.4, -0.2) is 55.0 Å². The molecule has 1 heterocycles. The van der Waals surface area contributed by atoms with Crippen LogP contribution in [0.25, 0.3) is 0 Å². The Bertz CT molecular complexity index is 305. The molecule has 124 valence electrons. The van der Waals surface area contributed by atoms with Gasteiger partial charge in [-0.3, -0.25) is 0 Å². The van der Waals surface area contributed by atoms with E-state index in [0.717, 1.165) is 39.0 Å². The number of amides is 1. The summed E-state index contributed by atoms with van der Waals surface area (Å²) in [6, 6.07) is 0.638. The molecule has 0 spiro atoms. The molecule has 0 radical (unpaired) electrons. The SMILES string of the molecule is CC(C)N(CCNC1CCCOCC1)C(=O)OC(C)(C)C. The van der Waals surface area contributed by atoms with Gasteiger partial charge in [0.05, 0.1) is 0 Å². The van der Waals surface area contributed by atoms with E-state index in [-0.39, 0.29) is 12.1 Å². The van der Waals surface area contributed by atoms with Gasteiger partial charge in [0.25, 0.3) is 0 Å². The minimum Gasteiger partial charge on any atom is -0.444 e. The van der Waals surface area contributed by atoms with Crippen molar-refractivity contribution >= 4 is 6.09 Å². The Morgan fingerprint density at radius 3 is 2.67 bits per heavy atom. The largest absolute Gasteiger partial charge is 0.444 e. The summed E-state index contributed by atoms with van der Waals surface area (Å²) in [4.78, 5) is 14.0. The minimum absolute atomic E-state index is 0.138. The van der Waals surface area contributed by atoms with Crippen LogP contribution in [-0.2, 0) is 9.47 Å². The normalized spacial score (nSPS) is 20.2. The van der Waals surface area contributed by atoms with E-state index >= 15 is 0 Å². The van der Waals surface area contributed by atoms with Crippen molar-refractivity contribution < 1.29 is 14.3 Å². The van der Waals surface area contributed by atoms with E-state index < -0.39 is 5.60 Å². The van der Waals surface area contributed by atoms with E-state index in [0.29, 0.717) is 12.6 Å². The second-order valence-electron chi connectivity index (χ2n) is 6.96. The fourth-order valence-corrected chi connectivity index (χ4v) is 2.38. The number of carbonyl (C=O) groups excluding carboxylic acids is 1. The molecular formula is C16H32N2O3. The first-order valence-corrected chi connectivity index (χ1v) is 8.10. The van der Waals surface area contributed by atoms with Crippen molar-refractivity contribution in [2.24, 2.45) is 0 Å². The molecule has 1 amide bonds. The number of hydrogen-bond donors (Lipinski definition) is 1. The van der Waals surface area contributed by atoms with E-state index in [1.807, 2.05) is 34.6 Å². The van der Waals surface area contributed by atoms with Gasteiger partial charge in [0, 0.05) is 38.4 Å². The van der Waals surface area contributed by atoms with Crippen LogP contribution in [0.15, 0.2) is 0 Å². The third-order valence-electron chi connectivity index (χ3n) is 3.49. The molecule has 1 atom stereocenters. The van der Waals surface area contributed by atoms with Crippen LogP contribution in [0.1, 0.15) is 53.9 Å².